The molecule has 2 aliphatic heterocycles. The predicted molar refractivity (Wildman–Crippen MR) is 50.4 cm³/mol. The molecule has 2 fully saturated rings. The summed E-state index contributed by atoms with van der Waals surface area (Å²) in [4.78, 5) is 5.08. The van der Waals surface area contributed by atoms with E-state index in [-0.39, 0.29) is 0 Å². The molecule has 2 heterocycles. The third kappa shape index (κ3) is 0.987. The van der Waals surface area contributed by atoms with Gasteiger partial charge in [0.15, 0.2) is 0 Å². The first-order chi connectivity index (χ1) is 4.81. The summed E-state index contributed by atoms with van der Waals surface area (Å²) in [6.45, 7) is 2.61. The highest BCUT2D eigenvalue weighted by atomic mass is 127. The highest BCUT2D eigenvalue weighted by Crippen LogP contribution is 2.29. The van der Waals surface area contributed by atoms with E-state index < -0.39 is 0 Å². The molecule has 0 amide bonds. The van der Waals surface area contributed by atoms with Crippen molar-refractivity contribution >= 4 is 22.6 Å². The summed E-state index contributed by atoms with van der Waals surface area (Å²) in [5.74, 6) is 0. The van der Waals surface area contributed by atoms with E-state index in [1.54, 1.807) is 0 Å². The maximum absolute atomic E-state index is 2.59. The SMILES string of the molecule is CN1CC2CC1CN2CI. The second kappa shape index (κ2) is 2.60. The zero-order valence-electron chi connectivity index (χ0n) is 6.26. The van der Waals surface area contributed by atoms with E-state index in [4.69, 9.17) is 0 Å². The Morgan fingerprint density at radius 2 is 2.20 bits per heavy atom. The van der Waals surface area contributed by atoms with Crippen LogP contribution in [-0.4, -0.2) is 46.6 Å². The van der Waals surface area contributed by atoms with E-state index in [2.05, 4.69) is 39.4 Å². The average Bonchev–Trinajstić information content (AvgIpc) is 2.44. The lowest BCUT2D eigenvalue weighted by Gasteiger charge is -2.30. The molecule has 0 saturated carbocycles. The van der Waals surface area contributed by atoms with Crippen molar-refractivity contribution in [3.05, 3.63) is 0 Å². The molecule has 10 heavy (non-hydrogen) atoms. The second-order valence-corrected chi connectivity index (χ2v) is 4.06. The van der Waals surface area contributed by atoms with Crippen LogP contribution in [0.1, 0.15) is 6.42 Å². The van der Waals surface area contributed by atoms with E-state index in [9.17, 15) is 0 Å². The number of hydrogen-bond donors (Lipinski definition) is 0. The lowest BCUT2D eigenvalue weighted by Crippen LogP contribution is -2.43. The van der Waals surface area contributed by atoms with Crippen LogP contribution in [0.5, 0.6) is 0 Å². The number of halogens is 1. The Morgan fingerprint density at radius 3 is 2.60 bits per heavy atom. The molecule has 0 aromatic heterocycles. The normalized spacial score (nSPS) is 41.4. The molecule has 2 unspecified atom stereocenters. The van der Waals surface area contributed by atoms with E-state index in [0.29, 0.717) is 0 Å². The molecule has 0 spiro atoms. The minimum atomic E-state index is 0.875. The van der Waals surface area contributed by atoms with Crippen LogP contribution in [0.4, 0.5) is 0 Å². The Hall–Kier alpha value is 0.650. The number of rotatable bonds is 1. The van der Waals surface area contributed by atoms with Gasteiger partial charge in [-0.3, -0.25) is 4.90 Å². The summed E-state index contributed by atoms with van der Waals surface area (Å²) in [7, 11) is 2.25. The summed E-state index contributed by atoms with van der Waals surface area (Å²) in [5, 5.41) is 0. The number of likely N-dealkylation sites (N-methyl/N-ethyl adjacent to an activating group) is 1. The number of hydrogen-bond acceptors (Lipinski definition) is 2. The first-order valence-corrected chi connectivity index (χ1v) is 5.34. The topological polar surface area (TPSA) is 6.48 Å². The van der Waals surface area contributed by atoms with E-state index in [0.717, 1.165) is 12.1 Å². The van der Waals surface area contributed by atoms with Crippen molar-refractivity contribution in [1.82, 2.24) is 9.80 Å². The number of fused-ring (bicyclic) bond motifs is 2. The van der Waals surface area contributed by atoms with E-state index in [1.165, 1.54) is 24.1 Å². The molecule has 2 aliphatic rings. The Labute approximate surface area is 75.7 Å². The smallest absolute Gasteiger partial charge is 0.0509 e. The average molecular weight is 252 g/mol. The standard InChI is InChI=1S/C7H13IN2/c1-9-3-7-2-6(9)4-10(7)5-8/h6-7H,2-5H2,1H3. The van der Waals surface area contributed by atoms with Crippen molar-refractivity contribution in [3.8, 4) is 0 Å². The van der Waals surface area contributed by atoms with Gasteiger partial charge in [-0.15, -0.1) is 0 Å². The molecule has 2 atom stereocenters. The Bertz CT molecular complexity index is 138. The van der Waals surface area contributed by atoms with Gasteiger partial charge in [-0.05, 0) is 13.5 Å². The molecule has 2 nitrogen and oxygen atoms in total. The molecule has 58 valence electrons. The van der Waals surface area contributed by atoms with Crippen molar-refractivity contribution in [3.63, 3.8) is 0 Å². The van der Waals surface area contributed by atoms with Crippen LogP contribution in [0.2, 0.25) is 0 Å². The van der Waals surface area contributed by atoms with Crippen LogP contribution in [0.3, 0.4) is 0 Å². The monoisotopic (exact) mass is 252 g/mol. The van der Waals surface area contributed by atoms with Crippen LogP contribution in [0.15, 0.2) is 0 Å². The summed E-state index contributed by atoms with van der Waals surface area (Å²) in [6.07, 6.45) is 1.42. The lowest BCUT2D eigenvalue weighted by molar-refractivity contribution is 0.173. The van der Waals surface area contributed by atoms with Gasteiger partial charge in [-0.1, -0.05) is 22.6 Å². The van der Waals surface area contributed by atoms with Crippen LogP contribution >= 0.6 is 22.6 Å². The molecule has 2 rings (SSSR count). The van der Waals surface area contributed by atoms with Crippen molar-refractivity contribution in [1.29, 1.82) is 0 Å². The van der Waals surface area contributed by atoms with Crippen LogP contribution in [0, 0.1) is 0 Å². The van der Waals surface area contributed by atoms with Crippen molar-refractivity contribution in [2.24, 2.45) is 0 Å². The first-order valence-electron chi connectivity index (χ1n) is 3.81. The molecule has 0 aliphatic carbocycles. The summed E-state index contributed by atoms with van der Waals surface area (Å²) < 4.78 is 1.22. The predicted octanol–water partition coefficient (Wildman–Crippen LogP) is 0.767. The maximum atomic E-state index is 2.59. The lowest BCUT2D eigenvalue weighted by atomic mass is 10.2. The Kier molecular flexibility index (Phi) is 1.90. The molecule has 0 N–H and O–H groups in total. The molecule has 2 bridgehead atoms. The minimum Gasteiger partial charge on any atom is -0.301 e. The summed E-state index contributed by atoms with van der Waals surface area (Å²) >= 11 is 2.46. The third-order valence-corrected chi connectivity index (χ3v) is 3.66. The van der Waals surface area contributed by atoms with Crippen LogP contribution < -0.4 is 0 Å². The molecular weight excluding hydrogens is 239 g/mol. The number of likely N-dealkylation sites (tertiary alicyclic amines) is 2. The van der Waals surface area contributed by atoms with Gasteiger partial charge in [-0.25, -0.2) is 0 Å². The highest BCUT2D eigenvalue weighted by Gasteiger charge is 2.40. The van der Waals surface area contributed by atoms with Gasteiger partial charge in [0.05, 0.1) is 4.55 Å². The van der Waals surface area contributed by atoms with Crippen molar-refractivity contribution in [2.75, 3.05) is 24.7 Å². The van der Waals surface area contributed by atoms with Gasteiger partial charge < -0.3 is 4.90 Å². The fourth-order valence-corrected chi connectivity index (χ4v) is 2.93. The van der Waals surface area contributed by atoms with Gasteiger partial charge in [-0.2, -0.15) is 0 Å². The van der Waals surface area contributed by atoms with E-state index in [1.807, 2.05) is 0 Å². The van der Waals surface area contributed by atoms with Gasteiger partial charge in [0.2, 0.25) is 0 Å². The molecular formula is C7H13IN2. The van der Waals surface area contributed by atoms with Crippen LogP contribution in [-0.2, 0) is 0 Å². The molecule has 3 heteroatoms. The fraction of sp³-hybridized carbons (Fsp3) is 1.00. The van der Waals surface area contributed by atoms with Crippen molar-refractivity contribution in [2.45, 2.75) is 18.5 Å². The van der Waals surface area contributed by atoms with Crippen molar-refractivity contribution < 1.29 is 0 Å². The summed E-state index contributed by atoms with van der Waals surface area (Å²) in [6, 6.07) is 1.76. The quantitative estimate of drug-likeness (QED) is 0.386. The number of alkyl halides is 1. The summed E-state index contributed by atoms with van der Waals surface area (Å²) in [5.41, 5.74) is 0. The maximum Gasteiger partial charge on any atom is 0.0509 e. The molecule has 0 radical (unpaired) electrons. The zero-order valence-corrected chi connectivity index (χ0v) is 8.41. The number of piperazine rings is 1. The van der Waals surface area contributed by atoms with Gasteiger partial charge >= 0.3 is 0 Å². The molecule has 0 aromatic carbocycles. The highest BCUT2D eigenvalue weighted by molar-refractivity contribution is 14.1. The van der Waals surface area contributed by atoms with Crippen LogP contribution in [0.25, 0.3) is 0 Å². The molecule has 0 aromatic rings. The Morgan fingerprint density at radius 1 is 1.40 bits per heavy atom. The van der Waals surface area contributed by atoms with Gasteiger partial charge in [0.25, 0.3) is 0 Å². The molecule has 2 saturated heterocycles. The van der Waals surface area contributed by atoms with Gasteiger partial charge in [0.1, 0.15) is 0 Å². The zero-order chi connectivity index (χ0) is 7.14. The fourth-order valence-electron chi connectivity index (χ4n) is 2.09. The number of nitrogens with zero attached hydrogens (tertiary/aromatic N) is 2. The second-order valence-electron chi connectivity index (χ2n) is 3.37. The van der Waals surface area contributed by atoms with E-state index >= 15 is 0 Å². The minimum absolute atomic E-state index is 0.875. The first kappa shape index (κ1) is 7.31. The third-order valence-electron chi connectivity index (χ3n) is 2.78. The Balaban J connectivity index is 2.02. The van der Waals surface area contributed by atoms with Gasteiger partial charge in [0, 0.05) is 25.2 Å². The largest absolute Gasteiger partial charge is 0.301 e.